The molecule has 1 amide bonds. The molecule has 1 aliphatic rings. The average Bonchev–Trinajstić information content (AvgIpc) is 2.63. The van der Waals surface area contributed by atoms with Crippen LogP contribution >= 0.6 is 0 Å². The number of amides is 1. The van der Waals surface area contributed by atoms with Crippen LogP contribution in [0.3, 0.4) is 0 Å². The van der Waals surface area contributed by atoms with Crippen molar-refractivity contribution in [3.63, 3.8) is 0 Å². The largest absolute Gasteiger partial charge is 0.333 e. The third-order valence-corrected chi connectivity index (χ3v) is 2.40. The topological polar surface area (TPSA) is 38.1 Å². The molecular formula is C9H13N3O. The van der Waals surface area contributed by atoms with E-state index in [9.17, 15) is 4.79 Å². The molecule has 1 aliphatic heterocycles. The van der Waals surface area contributed by atoms with E-state index >= 15 is 0 Å². The Balaban J connectivity index is 2.13. The fraction of sp³-hybridized carbons (Fsp3) is 0.556. The van der Waals surface area contributed by atoms with Crippen LogP contribution in [0.1, 0.15) is 19.2 Å². The van der Waals surface area contributed by atoms with E-state index in [0.29, 0.717) is 13.0 Å². The zero-order chi connectivity index (χ0) is 9.26. The predicted molar refractivity (Wildman–Crippen MR) is 47.9 cm³/mol. The van der Waals surface area contributed by atoms with Crippen LogP contribution < -0.4 is 0 Å². The van der Waals surface area contributed by atoms with Crippen LogP contribution in [0.2, 0.25) is 0 Å². The van der Waals surface area contributed by atoms with Crippen molar-refractivity contribution in [1.29, 1.82) is 0 Å². The van der Waals surface area contributed by atoms with E-state index in [1.54, 1.807) is 6.20 Å². The SMILES string of the molecule is CCC(=O)N1CCn2ccnc2C1. The zero-order valence-corrected chi connectivity index (χ0v) is 7.73. The summed E-state index contributed by atoms with van der Waals surface area (Å²) in [4.78, 5) is 17.4. The minimum atomic E-state index is 0.217. The van der Waals surface area contributed by atoms with Crippen LogP contribution in [0, 0.1) is 0 Å². The molecule has 1 aromatic rings. The van der Waals surface area contributed by atoms with Crippen molar-refractivity contribution in [1.82, 2.24) is 14.5 Å². The van der Waals surface area contributed by atoms with E-state index in [-0.39, 0.29) is 5.91 Å². The third-order valence-electron chi connectivity index (χ3n) is 2.40. The summed E-state index contributed by atoms with van der Waals surface area (Å²) in [6.45, 7) is 4.25. The number of hydrogen-bond acceptors (Lipinski definition) is 2. The van der Waals surface area contributed by atoms with E-state index in [1.165, 1.54) is 0 Å². The third kappa shape index (κ3) is 1.43. The van der Waals surface area contributed by atoms with Gasteiger partial charge in [0.1, 0.15) is 5.82 Å². The maximum atomic E-state index is 11.4. The second-order valence-corrected chi connectivity index (χ2v) is 3.21. The van der Waals surface area contributed by atoms with Gasteiger partial charge in [0.05, 0.1) is 6.54 Å². The number of fused-ring (bicyclic) bond motifs is 1. The molecule has 1 aromatic heterocycles. The summed E-state index contributed by atoms with van der Waals surface area (Å²) < 4.78 is 2.10. The quantitative estimate of drug-likeness (QED) is 0.634. The van der Waals surface area contributed by atoms with Crippen LogP contribution in [0.25, 0.3) is 0 Å². The molecule has 0 fully saturated rings. The lowest BCUT2D eigenvalue weighted by molar-refractivity contribution is -0.132. The van der Waals surface area contributed by atoms with Gasteiger partial charge in [-0.3, -0.25) is 4.79 Å². The van der Waals surface area contributed by atoms with Crippen molar-refractivity contribution in [2.45, 2.75) is 26.4 Å². The molecule has 0 radical (unpaired) electrons. The first kappa shape index (κ1) is 8.29. The lowest BCUT2D eigenvalue weighted by Gasteiger charge is -2.27. The van der Waals surface area contributed by atoms with Crippen molar-refractivity contribution in [2.24, 2.45) is 0 Å². The summed E-state index contributed by atoms with van der Waals surface area (Å²) in [7, 11) is 0. The number of nitrogens with zero attached hydrogens (tertiary/aromatic N) is 3. The summed E-state index contributed by atoms with van der Waals surface area (Å²) >= 11 is 0. The molecule has 0 spiro atoms. The van der Waals surface area contributed by atoms with E-state index in [0.717, 1.165) is 18.9 Å². The molecule has 0 atom stereocenters. The number of carbonyl (C=O) groups is 1. The van der Waals surface area contributed by atoms with Gasteiger partial charge < -0.3 is 9.47 Å². The molecule has 2 rings (SSSR count). The number of aromatic nitrogens is 2. The summed E-state index contributed by atoms with van der Waals surface area (Å²) in [5.74, 6) is 1.21. The Bertz CT molecular complexity index is 318. The van der Waals surface area contributed by atoms with Gasteiger partial charge in [-0.05, 0) is 0 Å². The van der Waals surface area contributed by atoms with E-state index in [2.05, 4.69) is 9.55 Å². The van der Waals surface area contributed by atoms with Gasteiger partial charge in [0.2, 0.25) is 5.91 Å². The van der Waals surface area contributed by atoms with Crippen LogP contribution in [0.5, 0.6) is 0 Å². The first-order valence-corrected chi connectivity index (χ1v) is 4.59. The first-order valence-electron chi connectivity index (χ1n) is 4.59. The smallest absolute Gasteiger partial charge is 0.222 e. The van der Waals surface area contributed by atoms with Crippen LogP contribution in [0.4, 0.5) is 0 Å². The molecule has 0 bridgehead atoms. The lowest BCUT2D eigenvalue weighted by Crippen LogP contribution is -2.37. The summed E-state index contributed by atoms with van der Waals surface area (Å²) in [5, 5.41) is 0. The van der Waals surface area contributed by atoms with Crippen LogP contribution in [0.15, 0.2) is 12.4 Å². The van der Waals surface area contributed by atoms with E-state index < -0.39 is 0 Å². The molecule has 2 heterocycles. The molecule has 0 saturated heterocycles. The van der Waals surface area contributed by atoms with Crippen LogP contribution in [-0.2, 0) is 17.9 Å². The molecule has 0 unspecified atom stereocenters. The summed E-state index contributed by atoms with van der Waals surface area (Å²) in [6, 6.07) is 0. The van der Waals surface area contributed by atoms with Gasteiger partial charge in [-0.1, -0.05) is 6.92 Å². The van der Waals surface area contributed by atoms with Gasteiger partial charge in [-0.25, -0.2) is 4.98 Å². The molecule has 4 nitrogen and oxygen atoms in total. The molecule has 70 valence electrons. The minimum absolute atomic E-state index is 0.217. The minimum Gasteiger partial charge on any atom is -0.333 e. The second kappa shape index (κ2) is 3.20. The molecule has 13 heavy (non-hydrogen) atoms. The summed E-state index contributed by atoms with van der Waals surface area (Å²) in [6.07, 6.45) is 4.33. The molecule has 0 aliphatic carbocycles. The van der Waals surface area contributed by atoms with E-state index in [4.69, 9.17) is 0 Å². The number of imidazole rings is 1. The molecule has 4 heteroatoms. The zero-order valence-electron chi connectivity index (χ0n) is 7.73. The Hall–Kier alpha value is -1.32. The Kier molecular flexibility index (Phi) is 2.04. The van der Waals surface area contributed by atoms with Gasteiger partial charge >= 0.3 is 0 Å². The monoisotopic (exact) mass is 179 g/mol. The number of hydrogen-bond donors (Lipinski definition) is 0. The fourth-order valence-corrected chi connectivity index (χ4v) is 1.61. The van der Waals surface area contributed by atoms with Gasteiger partial charge in [-0.2, -0.15) is 0 Å². The summed E-state index contributed by atoms with van der Waals surface area (Å²) in [5.41, 5.74) is 0. The maximum Gasteiger partial charge on any atom is 0.222 e. The number of rotatable bonds is 1. The van der Waals surface area contributed by atoms with Crippen molar-refractivity contribution in [3.8, 4) is 0 Å². The Labute approximate surface area is 77.2 Å². The molecule has 0 saturated carbocycles. The highest BCUT2D eigenvalue weighted by molar-refractivity contribution is 5.75. The van der Waals surface area contributed by atoms with E-state index in [1.807, 2.05) is 18.0 Å². The Morgan fingerprint density at radius 2 is 2.46 bits per heavy atom. The highest BCUT2D eigenvalue weighted by Gasteiger charge is 2.19. The van der Waals surface area contributed by atoms with Gasteiger partial charge in [0.15, 0.2) is 0 Å². The standard InChI is InChI=1S/C9H13N3O/c1-2-9(13)12-6-5-11-4-3-10-8(11)7-12/h3-4H,2,5-7H2,1H3. The fourth-order valence-electron chi connectivity index (χ4n) is 1.61. The van der Waals surface area contributed by atoms with Crippen molar-refractivity contribution in [2.75, 3.05) is 6.54 Å². The second-order valence-electron chi connectivity index (χ2n) is 3.21. The van der Waals surface area contributed by atoms with Crippen LogP contribution in [-0.4, -0.2) is 26.9 Å². The molecular weight excluding hydrogens is 166 g/mol. The molecule has 0 aromatic carbocycles. The predicted octanol–water partition coefficient (Wildman–Crippen LogP) is 0.635. The maximum absolute atomic E-state index is 11.4. The van der Waals surface area contributed by atoms with Gasteiger partial charge in [0, 0.05) is 31.9 Å². The Morgan fingerprint density at radius 3 is 3.23 bits per heavy atom. The lowest BCUT2D eigenvalue weighted by atomic mass is 10.3. The average molecular weight is 179 g/mol. The van der Waals surface area contributed by atoms with Gasteiger partial charge in [-0.15, -0.1) is 0 Å². The van der Waals surface area contributed by atoms with Gasteiger partial charge in [0.25, 0.3) is 0 Å². The Morgan fingerprint density at radius 1 is 1.62 bits per heavy atom. The highest BCUT2D eigenvalue weighted by Crippen LogP contribution is 2.10. The first-order chi connectivity index (χ1) is 6.31. The van der Waals surface area contributed by atoms with Crippen molar-refractivity contribution in [3.05, 3.63) is 18.2 Å². The normalized spacial score (nSPS) is 15.6. The van der Waals surface area contributed by atoms with Crippen molar-refractivity contribution >= 4 is 5.91 Å². The molecule has 0 N–H and O–H groups in total. The van der Waals surface area contributed by atoms with Crippen molar-refractivity contribution < 1.29 is 4.79 Å². The highest BCUT2D eigenvalue weighted by atomic mass is 16.2. The number of carbonyl (C=O) groups excluding carboxylic acids is 1.